The first-order chi connectivity index (χ1) is 15.8. The van der Waals surface area contributed by atoms with Crippen molar-refractivity contribution in [3.05, 3.63) is 58.6 Å². The van der Waals surface area contributed by atoms with E-state index >= 15 is 0 Å². The lowest BCUT2D eigenvalue weighted by atomic mass is 9.91. The summed E-state index contributed by atoms with van der Waals surface area (Å²) in [5, 5.41) is 9.75. The zero-order valence-electron chi connectivity index (χ0n) is 18.5. The minimum Gasteiger partial charge on any atom is -0.377 e. The first-order valence-electron chi connectivity index (χ1n) is 10.9. The second kappa shape index (κ2) is 9.91. The maximum absolute atomic E-state index is 14.0. The number of amides is 2. The van der Waals surface area contributed by atoms with Crippen molar-refractivity contribution >= 4 is 50.1 Å². The summed E-state index contributed by atoms with van der Waals surface area (Å²) < 4.78 is 28.2. The highest BCUT2D eigenvalue weighted by Gasteiger charge is 2.24. The molecule has 2 aromatic carbocycles. The highest BCUT2D eigenvalue weighted by Crippen LogP contribution is 2.29. The summed E-state index contributed by atoms with van der Waals surface area (Å²) in [4.78, 5) is 19.1. The van der Waals surface area contributed by atoms with Crippen LogP contribution in [0, 0.1) is 11.6 Å². The van der Waals surface area contributed by atoms with Crippen LogP contribution in [-0.4, -0.2) is 37.2 Å². The van der Waals surface area contributed by atoms with E-state index in [0.29, 0.717) is 0 Å². The molecule has 6 nitrogen and oxygen atoms in total. The molecule has 0 bridgehead atoms. The van der Waals surface area contributed by atoms with E-state index < -0.39 is 23.4 Å². The van der Waals surface area contributed by atoms with Gasteiger partial charge in [0.05, 0.1) is 5.52 Å². The minimum absolute atomic E-state index is 0.0634. The largest absolute Gasteiger partial charge is 0.377 e. The molecule has 0 aliphatic heterocycles. The topological polar surface area (TPSA) is 69.3 Å². The maximum atomic E-state index is 14.0. The zero-order chi connectivity index (χ0) is 23.5. The van der Waals surface area contributed by atoms with Crippen molar-refractivity contribution < 1.29 is 13.6 Å². The molecule has 9 heteroatoms. The average molecular weight is 518 g/mol. The van der Waals surface area contributed by atoms with Gasteiger partial charge in [-0.3, -0.25) is 0 Å². The predicted molar refractivity (Wildman–Crippen MR) is 132 cm³/mol. The van der Waals surface area contributed by atoms with E-state index in [1.54, 1.807) is 0 Å². The number of nitrogens with zero attached hydrogens (tertiary/aromatic N) is 2. The third-order valence-corrected chi connectivity index (χ3v) is 6.29. The highest BCUT2D eigenvalue weighted by molar-refractivity contribution is 9.10. The van der Waals surface area contributed by atoms with Crippen LogP contribution in [0.15, 0.2) is 46.9 Å². The molecule has 4 rings (SSSR count). The Hall–Kier alpha value is -2.94. The fourth-order valence-corrected chi connectivity index (χ4v) is 4.59. The van der Waals surface area contributed by atoms with Gasteiger partial charge in [-0.25, -0.2) is 18.6 Å². The molecule has 1 fully saturated rings. The number of para-hydroxylation sites is 1. The second-order valence-corrected chi connectivity index (χ2v) is 9.39. The van der Waals surface area contributed by atoms with Crippen molar-refractivity contribution in [1.82, 2.24) is 10.3 Å². The maximum Gasteiger partial charge on any atom is 0.319 e. The summed E-state index contributed by atoms with van der Waals surface area (Å²) in [6, 6.07) is 11.9. The van der Waals surface area contributed by atoms with Gasteiger partial charge in [0.2, 0.25) is 0 Å². The van der Waals surface area contributed by atoms with Crippen molar-refractivity contribution in [2.75, 3.05) is 29.6 Å². The van der Waals surface area contributed by atoms with E-state index in [2.05, 4.69) is 48.9 Å². The Kier molecular flexibility index (Phi) is 6.97. The third kappa shape index (κ3) is 5.52. The van der Waals surface area contributed by atoms with Gasteiger partial charge in [0.15, 0.2) is 11.6 Å². The summed E-state index contributed by atoms with van der Waals surface area (Å²) in [7, 11) is 4.03. The van der Waals surface area contributed by atoms with E-state index in [-0.39, 0.29) is 16.6 Å². The number of rotatable bonds is 5. The van der Waals surface area contributed by atoms with Crippen LogP contribution in [0.2, 0.25) is 0 Å². The molecule has 0 saturated heterocycles. The van der Waals surface area contributed by atoms with Gasteiger partial charge in [-0.15, -0.1) is 0 Å². The summed E-state index contributed by atoms with van der Waals surface area (Å²) in [6.45, 7) is 0. The molecular formula is C24H26BrF2N5O. The molecule has 1 heterocycles. The quantitative estimate of drug-likeness (QED) is 0.394. The van der Waals surface area contributed by atoms with Crippen LogP contribution < -0.4 is 20.9 Å². The van der Waals surface area contributed by atoms with Crippen LogP contribution in [0.4, 0.5) is 30.8 Å². The van der Waals surface area contributed by atoms with Gasteiger partial charge in [-0.1, -0.05) is 34.1 Å². The van der Waals surface area contributed by atoms with Crippen LogP contribution in [0.3, 0.4) is 0 Å². The van der Waals surface area contributed by atoms with Crippen LogP contribution in [0.25, 0.3) is 10.9 Å². The lowest BCUT2D eigenvalue weighted by Gasteiger charge is -2.30. The summed E-state index contributed by atoms with van der Waals surface area (Å²) in [5.41, 5.74) is 1.58. The van der Waals surface area contributed by atoms with Crippen LogP contribution in [-0.2, 0) is 0 Å². The van der Waals surface area contributed by atoms with Gasteiger partial charge in [-0.2, -0.15) is 0 Å². The van der Waals surface area contributed by atoms with Crippen molar-refractivity contribution in [2.24, 2.45) is 0 Å². The van der Waals surface area contributed by atoms with Crippen molar-refractivity contribution in [3.8, 4) is 0 Å². The monoisotopic (exact) mass is 517 g/mol. The number of fused-ring (bicyclic) bond motifs is 1. The van der Waals surface area contributed by atoms with Gasteiger partial charge in [0, 0.05) is 47.8 Å². The molecule has 2 amide bonds. The van der Waals surface area contributed by atoms with E-state index in [4.69, 9.17) is 4.98 Å². The van der Waals surface area contributed by atoms with E-state index in [1.807, 2.05) is 32.3 Å². The van der Waals surface area contributed by atoms with E-state index in [9.17, 15) is 13.6 Å². The Labute approximate surface area is 199 Å². The summed E-state index contributed by atoms with van der Waals surface area (Å²) >= 11 is 3.02. The predicted octanol–water partition coefficient (Wildman–Crippen LogP) is 5.89. The standard InChI is InChI=1S/C24H26BrF2N5O/c1-32(2)21-13-22(30-20-6-4-3-5-17(20)21)28-15-7-9-16(10-8-15)29-24(33)31-23-18(26)11-14(25)12-19(23)27/h3-6,11-13,15-16H,7-10H2,1-2H3,(H,28,30)(H2,29,31,33). The van der Waals surface area contributed by atoms with Crippen LogP contribution >= 0.6 is 15.9 Å². The molecule has 3 aromatic rings. The number of carbonyl (C=O) groups is 1. The van der Waals surface area contributed by atoms with Gasteiger partial charge in [0.25, 0.3) is 0 Å². The fraction of sp³-hybridized carbons (Fsp3) is 0.333. The second-order valence-electron chi connectivity index (χ2n) is 8.47. The molecule has 0 unspecified atom stereocenters. The molecule has 174 valence electrons. The molecular weight excluding hydrogens is 492 g/mol. The molecule has 1 aliphatic carbocycles. The van der Waals surface area contributed by atoms with Gasteiger partial charge in [-0.05, 0) is 43.9 Å². The Morgan fingerprint density at radius 3 is 2.33 bits per heavy atom. The smallest absolute Gasteiger partial charge is 0.319 e. The molecule has 33 heavy (non-hydrogen) atoms. The van der Waals surface area contributed by atoms with Crippen molar-refractivity contribution in [3.63, 3.8) is 0 Å². The number of carbonyl (C=O) groups excluding carboxylic acids is 1. The number of benzene rings is 2. The van der Waals surface area contributed by atoms with Gasteiger partial charge >= 0.3 is 6.03 Å². The van der Waals surface area contributed by atoms with Gasteiger partial charge < -0.3 is 20.9 Å². The van der Waals surface area contributed by atoms with E-state index in [1.165, 1.54) is 0 Å². The SMILES string of the molecule is CN(C)c1cc(NC2CCC(NC(=O)Nc3c(F)cc(Br)cc3F)CC2)nc2ccccc12. The van der Waals surface area contributed by atoms with Crippen LogP contribution in [0.1, 0.15) is 25.7 Å². The number of hydrogen-bond acceptors (Lipinski definition) is 4. The fourth-order valence-electron chi connectivity index (χ4n) is 4.19. The molecule has 1 aliphatic rings. The molecule has 0 atom stereocenters. The molecule has 1 saturated carbocycles. The van der Waals surface area contributed by atoms with Crippen molar-refractivity contribution in [1.29, 1.82) is 0 Å². The Morgan fingerprint density at radius 1 is 1.03 bits per heavy atom. The Morgan fingerprint density at radius 2 is 1.67 bits per heavy atom. The first kappa shape index (κ1) is 23.2. The number of pyridine rings is 1. The zero-order valence-corrected chi connectivity index (χ0v) is 20.0. The number of nitrogens with one attached hydrogen (secondary N) is 3. The summed E-state index contributed by atoms with van der Waals surface area (Å²) in [5.74, 6) is -0.831. The Bertz CT molecular complexity index is 1140. The van der Waals surface area contributed by atoms with E-state index in [0.717, 1.165) is 60.2 Å². The molecule has 0 radical (unpaired) electrons. The molecule has 3 N–H and O–H groups in total. The minimum atomic E-state index is -0.829. The Balaban J connectivity index is 1.34. The number of hydrogen-bond donors (Lipinski definition) is 3. The lowest BCUT2D eigenvalue weighted by molar-refractivity contribution is 0.243. The number of anilines is 3. The number of aromatic nitrogens is 1. The first-order valence-corrected chi connectivity index (χ1v) is 11.6. The van der Waals surface area contributed by atoms with Gasteiger partial charge in [0.1, 0.15) is 11.5 Å². The normalized spacial score (nSPS) is 18.1. The number of halogens is 3. The van der Waals surface area contributed by atoms with Crippen molar-refractivity contribution in [2.45, 2.75) is 37.8 Å². The van der Waals surface area contributed by atoms with Crippen LogP contribution in [0.5, 0.6) is 0 Å². The average Bonchev–Trinajstić information content (AvgIpc) is 2.77. The third-order valence-electron chi connectivity index (χ3n) is 5.84. The number of urea groups is 1. The molecule has 1 aromatic heterocycles. The lowest BCUT2D eigenvalue weighted by Crippen LogP contribution is -2.42. The summed E-state index contributed by atoms with van der Waals surface area (Å²) in [6.07, 6.45) is 3.20. The highest BCUT2D eigenvalue weighted by atomic mass is 79.9. The molecule has 0 spiro atoms.